The standard InChI is InChI=1S/C14H25N3O5/c1-14(2,3)22-13(21)17-8-6-10(7-9-17)4-5-11(18)15-16-12(19)20/h10,16H,4-9H2,1-3H3,(H,15,18)(H,19,20). The SMILES string of the molecule is CC(C)(C)OC(=O)N1CCC(CCC(=O)NNC(=O)O)CC1. The topological polar surface area (TPSA) is 108 Å². The molecule has 8 heteroatoms. The van der Waals surface area contributed by atoms with E-state index in [-0.39, 0.29) is 18.4 Å². The van der Waals surface area contributed by atoms with Crippen molar-refractivity contribution in [2.75, 3.05) is 13.1 Å². The summed E-state index contributed by atoms with van der Waals surface area (Å²) in [5.74, 6) is 0.00577. The fourth-order valence-electron chi connectivity index (χ4n) is 2.25. The molecule has 0 spiro atoms. The molecule has 1 rings (SSSR count). The minimum atomic E-state index is -1.29. The van der Waals surface area contributed by atoms with Crippen LogP contribution in [-0.4, -0.2) is 46.8 Å². The minimum Gasteiger partial charge on any atom is -0.464 e. The van der Waals surface area contributed by atoms with Crippen LogP contribution in [0.3, 0.4) is 0 Å². The second-order valence-corrected chi connectivity index (χ2v) is 6.43. The van der Waals surface area contributed by atoms with Crippen LogP contribution in [-0.2, 0) is 9.53 Å². The van der Waals surface area contributed by atoms with Crippen LogP contribution in [0, 0.1) is 5.92 Å². The maximum absolute atomic E-state index is 11.9. The molecular weight excluding hydrogens is 290 g/mol. The van der Waals surface area contributed by atoms with E-state index in [1.54, 1.807) is 4.90 Å². The highest BCUT2D eigenvalue weighted by atomic mass is 16.6. The Hall–Kier alpha value is -1.99. The third-order valence-corrected chi connectivity index (χ3v) is 3.35. The first-order chi connectivity index (χ1) is 10.2. The molecule has 1 aliphatic rings. The zero-order valence-corrected chi connectivity index (χ0v) is 13.3. The summed E-state index contributed by atoms with van der Waals surface area (Å²) in [4.78, 5) is 35.2. The second-order valence-electron chi connectivity index (χ2n) is 6.43. The van der Waals surface area contributed by atoms with Crippen molar-refractivity contribution in [3.63, 3.8) is 0 Å². The largest absolute Gasteiger partial charge is 0.464 e. The lowest BCUT2D eigenvalue weighted by Gasteiger charge is -2.33. The van der Waals surface area contributed by atoms with E-state index in [0.29, 0.717) is 25.4 Å². The molecule has 1 heterocycles. The van der Waals surface area contributed by atoms with E-state index in [1.165, 1.54) is 0 Å². The molecule has 0 bridgehead atoms. The molecule has 22 heavy (non-hydrogen) atoms. The number of carboxylic acid groups (broad SMARTS) is 1. The van der Waals surface area contributed by atoms with Gasteiger partial charge >= 0.3 is 12.2 Å². The van der Waals surface area contributed by atoms with Gasteiger partial charge in [0.2, 0.25) is 5.91 Å². The van der Waals surface area contributed by atoms with Crippen molar-refractivity contribution < 1.29 is 24.2 Å². The van der Waals surface area contributed by atoms with Crippen LogP contribution in [0.2, 0.25) is 0 Å². The molecule has 0 aromatic heterocycles. The number of rotatable bonds is 3. The van der Waals surface area contributed by atoms with E-state index in [2.05, 4.69) is 5.43 Å². The first kappa shape index (κ1) is 18.1. The van der Waals surface area contributed by atoms with Gasteiger partial charge in [0, 0.05) is 19.5 Å². The van der Waals surface area contributed by atoms with Gasteiger partial charge in [0.1, 0.15) is 5.60 Å². The molecule has 1 fully saturated rings. The number of hydrazine groups is 1. The first-order valence-corrected chi connectivity index (χ1v) is 7.43. The Balaban J connectivity index is 2.24. The third-order valence-electron chi connectivity index (χ3n) is 3.35. The lowest BCUT2D eigenvalue weighted by molar-refractivity contribution is -0.122. The van der Waals surface area contributed by atoms with Gasteiger partial charge in [0.15, 0.2) is 0 Å². The summed E-state index contributed by atoms with van der Waals surface area (Å²) in [6, 6.07) is 0. The molecule has 3 amide bonds. The zero-order valence-electron chi connectivity index (χ0n) is 13.3. The number of hydrogen-bond donors (Lipinski definition) is 3. The molecular formula is C14H25N3O5. The highest BCUT2D eigenvalue weighted by Crippen LogP contribution is 2.23. The Kier molecular flexibility index (Phi) is 6.45. The highest BCUT2D eigenvalue weighted by Gasteiger charge is 2.26. The predicted octanol–water partition coefficient (Wildman–Crippen LogP) is 1.71. The van der Waals surface area contributed by atoms with Crippen LogP contribution in [0.1, 0.15) is 46.5 Å². The monoisotopic (exact) mass is 315 g/mol. The van der Waals surface area contributed by atoms with E-state index >= 15 is 0 Å². The summed E-state index contributed by atoms with van der Waals surface area (Å²) in [5.41, 5.74) is 3.43. The second kappa shape index (κ2) is 7.86. The van der Waals surface area contributed by atoms with Gasteiger partial charge in [0.25, 0.3) is 0 Å². The summed E-state index contributed by atoms with van der Waals surface area (Å²) in [7, 11) is 0. The average molecular weight is 315 g/mol. The molecule has 0 radical (unpaired) electrons. The van der Waals surface area contributed by atoms with Crippen LogP contribution in [0.5, 0.6) is 0 Å². The van der Waals surface area contributed by atoms with Crippen molar-refractivity contribution >= 4 is 18.1 Å². The van der Waals surface area contributed by atoms with Gasteiger partial charge in [0.05, 0.1) is 0 Å². The molecule has 3 N–H and O–H groups in total. The van der Waals surface area contributed by atoms with Gasteiger partial charge in [-0.25, -0.2) is 15.0 Å². The maximum atomic E-state index is 11.9. The van der Waals surface area contributed by atoms with Gasteiger partial charge < -0.3 is 14.7 Å². The summed E-state index contributed by atoms with van der Waals surface area (Å²) >= 11 is 0. The van der Waals surface area contributed by atoms with Crippen molar-refractivity contribution in [3.05, 3.63) is 0 Å². The number of carbonyl (C=O) groups is 3. The molecule has 0 atom stereocenters. The molecule has 1 saturated heterocycles. The van der Waals surface area contributed by atoms with Crippen LogP contribution in [0.25, 0.3) is 0 Å². The summed E-state index contributed by atoms with van der Waals surface area (Å²) in [5, 5.41) is 8.37. The number of likely N-dealkylation sites (tertiary alicyclic amines) is 1. The molecule has 0 aromatic rings. The Morgan fingerprint density at radius 1 is 1.18 bits per heavy atom. The van der Waals surface area contributed by atoms with E-state index in [1.807, 2.05) is 26.2 Å². The summed E-state index contributed by atoms with van der Waals surface area (Å²) in [6.45, 7) is 6.74. The Morgan fingerprint density at radius 3 is 2.27 bits per heavy atom. The van der Waals surface area contributed by atoms with Crippen LogP contribution in [0.15, 0.2) is 0 Å². The number of amides is 3. The van der Waals surface area contributed by atoms with Crippen molar-refractivity contribution in [3.8, 4) is 0 Å². The maximum Gasteiger partial charge on any atom is 0.423 e. The number of hydrogen-bond acceptors (Lipinski definition) is 4. The fourth-order valence-corrected chi connectivity index (χ4v) is 2.25. The number of piperidine rings is 1. The molecule has 126 valence electrons. The molecule has 0 aromatic carbocycles. The number of carbonyl (C=O) groups excluding carboxylic acids is 2. The van der Waals surface area contributed by atoms with Gasteiger partial charge in [-0.05, 0) is 46.0 Å². The van der Waals surface area contributed by atoms with E-state index < -0.39 is 11.7 Å². The van der Waals surface area contributed by atoms with Gasteiger partial charge in [-0.3, -0.25) is 10.2 Å². The molecule has 0 aliphatic carbocycles. The van der Waals surface area contributed by atoms with E-state index in [4.69, 9.17) is 9.84 Å². The Bertz CT molecular complexity index is 411. The van der Waals surface area contributed by atoms with Crippen molar-refractivity contribution in [1.82, 2.24) is 15.8 Å². The smallest absolute Gasteiger partial charge is 0.423 e. The van der Waals surface area contributed by atoms with E-state index in [9.17, 15) is 14.4 Å². The van der Waals surface area contributed by atoms with Crippen LogP contribution < -0.4 is 10.9 Å². The summed E-state index contributed by atoms with van der Waals surface area (Å²) < 4.78 is 5.32. The minimum absolute atomic E-state index is 0.261. The highest BCUT2D eigenvalue weighted by molar-refractivity contribution is 5.78. The number of ether oxygens (including phenoxy) is 1. The van der Waals surface area contributed by atoms with Crippen molar-refractivity contribution in [2.24, 2.45) is 5.92 Å². The average Bonchev–Trinajstić information content (AvgIpc) is 2.41. The van der Waals surface area contributed by atoms with Crippen molar-refractivity contribution in [1.29, 1.82) is 0 Å². The Labute approximate surface area is 130 Å². The first-order valence-electron chi connectivity index (χ1n) is 7.43. The molecule has 0 saturated carbocycles. The zero-order chi connectivity index (χ0) is 16.8. The lowest BCUT2D eigenvalue weighted by atomic mass is 9.92. The quantitative estimate of drug-likeness (QED) is 0.687. The van der Waals surface area contributed by atoms with Crippen molar-refractivity contribution in [2.45, 2.75) is 52.1 Å². The normalized spacial score (nSPS) is 16.0. The molecule has 1 aliphatic heterocycles. The van der Waals surface area contributed by atoms with Gasteiger partial charge in [-0.1, -0.05) is 0 Å². The number of nitrogens with zero attached hydrogens (tertiary/aromatic N) is 1. The van der Waals surface area contributed by atoms with E-state index in [0.717, 1.165) is 12.8 Å². The van der Waals surface area contributed by atoms with Gasteiger partial charge in [-0.15, -0.1) is 0 Å². The third kappa shape index (κ3) is 7.14. The van der Waals surface area contributed by atoms with Gasteiger partial charge in [-0.2, -0.15) is 0 Å². The van der Waals surface area contributed by atoms with Crippen LogP contribution in [0.4, 0.5) is 9.59 Å². The summed E-state index contributed by atoms with van der Waals surface area (Å²) in [6.07, 6.45) is 0.984. The predicted molar refractivity (Wildman–Crippen MR) is 79.1 cm³/mol. The lowest BCUT2D eigenvalue weighted by Crippen LogP contribution is -2.42. The fraction of sp³-hybridized carbons (Fsp3) is 0.786. The molecule has 0 unspecified atom stereocenters. The number of nitrogens with one attached hydrogen (secondary N) is 2. The molecule has 8 nitrogen and oxygen atoms in total. The Morgan fingerprint density at radius 2 is 1.77 bits per heavy atom. The van der Waals surface area contributed by atoms with Crippen LogP contribution >= 0.6 is 0 Å².